The average Bonchev–Trinajstić information content (AvgIpc) is 2.75. The Morgan fingerprint density at radius 2 is 2.25 bits per heavy atom. The molecule has 4 heteroatoms. The van der Waals surface area contributed by atoms with Crippen LogP contribution < -0.4 is 5.32 Å². The van der Waals surface area contributed by atoms with Crippen LogP contribution in [-0.4, -0.2) is 36.4 Å². The van der Waals surface area contributed by atoms with Crippen molar-refractivity contribution in [1.82, 2.24) is 14.9 Å². The zero-order valence-electron chi connectivity index (χ0n) is 10.4. The molecule has 0 saturated heterocycles. The van der Waals surface area contributed by atoms with E-state index in [0.717, 1.165) is 32.7 Å². The largest absolute Gasteiger partial charge is 0.383 e. The Labute approximate surface area is 98.0 Å². The first-order valence-electron chi connectivity index (χ1n) is 6.08. The van der Waals surface area contributed by atoms with Crippen LogP contribution in [0, 0.1) is 0 Å². The summed E-state index contributed by atoms with van der Waals surface area (Å²) in [6.45, 7) is 6.03. The van der Waals surface area contributed by atoms with Gasteiger partial charge in [-0.2, -0.15) is 0 Å². The summed E-state index contributed by atoms with van der Waals surface area (Å²) in [5, 5.41) is 3.35. The van der Waals surface area contributed by atoms with Gasteiger partial charge in [0.25, 0.3) is 0 Å². The second kappa shape index (κ2) is 8.30. The van der Waals surface area contributed by atoms with Crippen LogP contribution in [0.3, 0.4) is 0 Å². The number of hydrogen-bond acceptors (Lipinski definition) is 3. The predicted molar refractivity (Wildman–Crippen MR) is 65.6 cm³/mol. The monoisotopic (exact) mass is 225 g/mol. The lowest BCUT2D eigenvalue weighted by atomic mass is 10.3. The molecule has 1 heterocycles. The summed E-state index contributed by atoms with van der Waals surface area (Å²) in [6, 6.07) is 0. The molecule has 0 aliphatic heterocycles. The average molecular weight is 225 g/mol. The standard InChI is InChI=1S/C12H23N3O/c1-3-12-14-7-10-15(12)9-5-4-6-13-8-11-16-2/h7,10,13H,3-6,8-9,11H2,1-2H3. The third-order valence-electron chi connectivity index (χ3n) is 2.60. The summed E-state index contributed by atoms with van der Waals surface area (Å²) in [4.78, 5) is 4.30. The minimum absolute atomic E-state index is 0.793. The normalized spacial score (nSPS) is 10.9. The van der Waals surface area contributed by atoms with Crippen molar-refractivity contribution < 1.29 is 4.74 Å². The molecule has 1 aromatic rings. The molecule has 0 aromatic carbocycles. The maximum Gasteiger partial charge on any atom is 0.108 e. The van der Waals surface area contributed by atoms with E-state index in [9.17, 15) is 0 Å². The van der Waals surface area contributed by atoms with Gasteiger partial charge in [-0.3, -0.25) is 0 Å². The molecular formula is C12H23N3O. The summed E-state index contributed by atoms with van der Waals surface area (Å²) in [5.74, 6) is 1.19. The highest BCUT2D eigenvalue weighted by molar-refractivity contribution is 4.91. The van der Waals surface area contributed by atoms with E-state index in [4.69, 9.17) is 4.74 Å². The molecule has 1 rings (SSSR count). The van der Waals surface area contributed by atoms with Crippen molar-refractivity contribution >= 4 is 0 Å². The van der Waals surface area contributed by atoms with Gasteiger partial charge < -0.3 is 14.6 Å². The van der Waals surface area contributed by atoms with Crippen LogP contribution in [0.2, 0.25) is 0 Å². The van der Waals surface area contributed by atoms with E-state index in [2.05, 4.69) is 28.0 Å². The van der Waals surface area contributed by atoms with E-state index in [1.807, 2.05) is 6.20 Å². The minimum atomic E-state index is 0.793. The molecule has 0 spiro atoms. The van der Waals surface area contributed by atoms with E-state index in [1.54, 1.807) is 7.11 Å². The number of imidazole rings is 1. The van der Waals surface area contributed by atoms with Gasteiger partial charge in [-0.1, -0.05) is 6.92 Å². The Morgan fingerprint density at radius 1 is 1.38 bits per heavy atom. The molecule has 0 aliphatic rings. The van der Waals surface area contributed by atoms with Gasteiger partial charge in [0.05, 0.1) is 6.61 Å². The molecule has 0 aliphatic carbocycles. The fourth-order valence-corrected chi connectivity index (χ4v) is 1.69. The molecule has 1 N–H and O–H groups in total. The van der Waals surface area contributed by atoms with Gasteiger partial charge in [0.2, 0.25) is 0 Å². The summed E-state index contributed by atoms with van der Waals surface area (Å²) >= 11 is 0. The van der Waals surface area contributed by atoms with Crippen LogP contribution >= 0.6 is 0 Å². The molecule has 0 atom stereocenters. The lowest BCUT2D eigenvalue weighted by molar-refractivity contribution is 0.199. The van der Waals surface area contributed by atoms with Crippen molar-refractivity contribution in [3.8, 4) is 0 Å². The maximum atomic E-state index is 4.96. The number of ether oxygens (including phenoxy) is 1. The first-order chi connectivity index (χ1) is 7.88. The van der Waals surface area contributed by atoms with E-state index in [1.165, 1.54) is 18.7 Å². The molecule has 16 heavy (non-hydrogen) atoms. The van der Waals surface area contributed by atoms with E-state index < -0.39 is 0 Å². The number of unbranched alkanes of at least 4 members (excludes halogenated alkanes) is 1. The molecule has 4 nitrogen and oxygen atoms in total. The molecule has 0 bridgehead atoms. The Kier molecular flexibility index (Phi) is 6.85. The van der Waals surface area contributed by atoms with Crippen LogP contribution in [0.1, 0.15) is 25.6 Å². The van der Waals surface area contributed by atoms with E-state index in [0.29, 0.717) is 0 Å². The number of methoxy groups -OCH3 is 1. The van der Waals surface area contributed by atoms with Crippen molar-refractivity contribution in [1.29, 1.82) is 0 Å². The first-order valence-corrected chi connectivity index (χ1v) is 6.08. The second-order valence-electron chi connectivity index (χ2n) is 3.84. The van der Waals surface area contributed by atoms with Crippen LogP contribution in [0.15, 0.2) is 12.4 Å². The molecule has 0 fully saturated rings. The Hall–Kier alpha value is -0.870. The predicted octanol–water partition coefficient (Wildman–Crippen LogP) is 1.46. The summed E-state index contributed by atoms with van der Waals surface area (Å²) in [7, 11) is 1.73. The Balaban J connectivity index is 2.03. The lowest BCUT2D eigenvalue weighted by Crippen LogP contribution is -2.20. The quantitative estimate of drug-likeness (QED) is 0.647. The van der Waals surface area contributed by atoms with Gasteiger partial charge in [0.15, 0.2) is 0 Å². The number of aryl methyl sites for hydroxylation is 2. The molecule has 0 amide bonds. The van der Waals surface area contributed by atoms with Gasteiger partial charge >= 0.3 is 0 Å². The number of hydrogen-bond donors (Lipinski definition) is 1. The topological polar surface area (TPSA) is 39.1 Å². The number of nitrogens with one attached hydrogen (secondary N) is 1. The van der Waals surface area contributed by atoms with Crippen LogP contribution in [0.5, 0.6) is 0 Å². The Morgan fingerprint density at radius 3 is 3.00 bits per heavy atom. The number of nitrogens with zero attached hydrogens (tertiary/aromatic N) is 2. The lowest BCUT2D eigenvalue weighted by Gasteiger charge is -2.07. The molecule has 92 valence electrons. The van der Waals surface area contributed by atoms with Gasteiger partial charge in [-0.25, -0.2) is 4.98 Å². The van der Waals surface area contributed by atoms with Gasteiger partial charge in [-0.15, -0.1) is 0 Å². The zero-order chi connectivity index (χ0) is 11.6. The van der Waals surface area contributed by atoms with Crippen LogP contribution in [0.4, 0.5) is 0 Å². The zero-order valence-corrected chi connectivity index (χ0v) is 10.4. The van der Waals surface area contributed by atoms with Gasteiger partial charge in [-0.05, 0) is 19.4 Å². The summed E-state index contributed by atoms with van der Waals surface area (Å²) in [6.07, 6.45) is 7.36. The number of aromatic nitrogens is 2. The number of rotatable bonds is 9. The Bertz CT molecular complexity index is 273. The SMILES string of the molecule is CCc1nccn1CCCCNCCOC. The van der Waals surface area contributed by atoms with Crippen molar-refractivity contribution in [2.24, 2.45) is 0 Å². The second-order valence-corrected chi connectivity index (χ2v) is 3.84. The first kappa shape index (κ1) is 13.2. The molecule has 1 aromatic heterocycles. The maximum absolute atomic E-state index is 4.96. The smallest absolute Gasteiger partial charge is 0.108 e. The molecule has 0 radical (unpaired) electrons. The van der Waals surface area contributed by atoms with Crippen molar-refractivity contribution in [3.63, 3.8) is 0 Å². The highest BCUT2D eigenvalue weighted by Crippen LogP contribution is 2.01. The van der Waals surface area contributed by atoms with Crippen LogP contribution in [-0.2, 0) is 17.7 Å². The van der Waals surface area contributed by atoms with Crippen molar-refractivity contribution in [2.45, 2.75) is 32.7 Å². The summed E-state index contributed by atoms with van der Waals surface area (Å²) < 4.78 is 7.21. The minimum Gasteiger partial charge on any atom is -0.383 e. The summed E-state index contributed by atoms with van der Waals surface area (Å²) in [5.41, 5.74) is 0. The third-order valence-corrected chi connectivity index (χ3v) is 2.60. The highest BCUT2D eigenvalue weighted by atomic mass is 16.5. The van der Waals surface area contributed by atoms with Crippen molar-refractivity contribution in [2.75, 3.05) is 26.8 Å². The van der Waals surface area contributed by atoms with Crippen molar-refractivity contribution in [3.05, 3.63) is 18.2 Å². The van der Waals surface area contributed by atoms with E-state index >= 15 is 0 Å². The molecule has 0 unspecified atom stereocenters. The van der Waals surface area contributed by atoms with E-state index in [-0.39, 0.29) is 0 Å². The third kappa shape index (κ3) is 4.77. The van der Waals surface area contributed by atoms with Gasteiger partial charge in [0.1, 0.15) is 5.82 Å². The van der Waals surface area contributed by atoms with Gasteiger partial charge in [0, 0.05) is 39.0 Å². The highest BCUT2D eigenvalue weighted by Gasteiger charge is 1.98. The van der Waals surface area contributed by atoms with Crippen LogP contribution in [0.25, 0.3) is 0 Å². The fraction of sp³-hybridized carbons (Fsp3) is 0.750. The molecular weight excluding hydrogens is 202 g/mol. The molecule has 0 saturated carbocycles. The fourth-order valence-electron chi connectivity index (χ4n) is 1.69.